The van der Waals surface area contributed by atoms with Crippen LogP contribution in [0, 0.1) is 27.7 Å². The number of benzene rings is 2. The highest BCUT2D eigenvalue weighted by Gasteiger charge is 2.26. The first-order valence-electron chi connectivity index (χ1n) is 12.0. The van der Waals surface area contributed by atoms with Crippen molar-refractivity contribution in [2.75, 3.05) is 12.0 Å². The molecule has 2 aromatic carbocycles. The zero-order valence-corrected chi connectivity index (χ0v) is 23.6. The first-order valence-corrected chi connectivity index (χ1v) is 12.0. The smallest absolute Gasteiger partial charge is 0.415 e. The maximum atomic E-state index is 13.4. The van der Waals surface area contributed by atoms with Gasteiger partial charge in [-0.05, 0) is 82.9 Å². The Kier molecular flexibility index (Phi) is 12.5. The van der Waals surface area contributed by atoms with Crippen LogP contribution in [-0.4, -0.2) is 36.1 Å². The monoisotopic (exact) mass is 534 g/mol. The number of amides is 1. The first-order chi connectivity index (χ1) is 18.3. The molecule has 0 unspecified atom stereocenters. The second-order valence-corrected chi connectivity index (χ2v) is 9.65. The van der Waals surface area contributed by atoms with Crippen LogP contribution in [0.2, 0.25) is 0 Å². The van der Waals surface area contributed by atoms with Crippen LogP contribution in [0.4, 0.5) is 10.5 Å². The van der Waals surface area contributed by atoms with E-state index in [0.717, 1.165) is 44.9 Å². The molecule has 0 saturated carbocycles. The molecular formula is C30H34N2O7. The molecule has 3 aromatic rings. The third kappa shape index (κ3) is 9.67. The Morgan fingerprint density at radius 3 is 2.05 bits per heavy atom. The van der Waals surface area contributed by atoms with Gasteiger partial charge in [0.25, 0.3) is 0 Å². The molecule has 206 valence electrons. The van der Waals surface area contributed by atoms with Crippen LogP contribution in [0.3, 0.4) is 0 Å². The van der Waals surface area contributed by atoms with Crippen molar-refractivity contribution in [3.05, 3.63) is 76.6 Å². The number of ether oxygens (including phenoxy) is 2. The topological polar surface area (TPSA) is 120 Å². The number of hydrogen-bond donors (Lipinski definition) is 0. The summed E-state index contributed by atoms with van der Waals surface area (Å²) in [6.07, 6.45) is 1.87. The van der Waals surface area contributed by atoms with Gasteiger partial charge < -0.3 is 9.47 Å². The Morgan fingerprint density at radius 2 is 1.51 bits per heavy atom. The van der Waals surface area contributed by atoms with Crippen LogP contribution < -0.4 is 9.64 Å². The molecule has 0 aliphatic heterocycles. The SMILES string of the molecule is COc1c(C)cnc(CN(C(=O)OC(C)(C)C)c2cc(C)cc(-c3ccccc3C)c2)c1C.O=C=O.O=C=O. The molecule has 1 aromatic heterocycles. The molecule has 3 rings (SSSR count). The fraction of sp³-hybridized carbons (Fsp3) is 0.333. The molecule has 39 heavy (non-hydrogen) atoms. The van der Waals surface area contributed by atoms with Gasteiger partial charge in [-0.1, -0.05) is 30.3 Å². The van der Waals surface area contributed by atoms with Gasteiger partial charge in [-0.3, -0.25) is 9.88 Å². The van der Waals surface area contributed by atoms with Crippen LogP contribution in [0.25, 0.3) is 11.1 Å². The Balaban J connectivity index is 0.00000116. The number of nitrogens with zero attached hydrogens (tertiary/aromatic N) is 2. The molecule has 0 radical (unpaired) electrons. The van der Waals surface area contributed by atoms with Crippen LogP contribution in [0.5, 0.6) is 5.75 Å². The molecular weight excluding hydrogens is 500 g/mol. The van der Waals surface area contributed by atoms with Crippen LogP contribution >= 0.6 is 0 Å². The van der Waals surface area contributed by atoms with Gasteiger partial charge in [-0.15, -0.1) is 0 Å². The maximum Gasteiger partial charge on any atom is 0.415 e. The van der Waals surface area contributed by atoms with Gasteiger partial charge in [0, 0.05) is 23.0 Å². The molecule has 0 atom stereocenters. The minimum atomic E-state index is -0.620. The van der Waals surface area contributed by atoms with E-state index in [1.807, 2.05) is 65.8 Å². The Labute approximate surface area is 228 Å². The normalized spacial score (nSPS) is 9.95. The molecule has 9 heteroatoms. The Hall–Kier alpha value is -4.58. The number of aromatic nitrogens is 1. The summed E-state index contributed by atoms with van der Waals surface area (Å²) in [6, 6.07) is 14.4. The molecule has 1 amide bonds. The molecule has 0 bridgehead atoms. The van der Waals surface area contributed by atoms with E-state index in [4.69, 9.17) is 28.7 Å². The lowest BCUT2D eigenvalue weighted by molar-refractivity contribution is -0.193. The van der Waals surface area contributed by atoms with Crippen molar-refractivity contribution < 1.29 is 33.4 Å². The molecule has 0 N–H and O–H groups in total. The van der Waals surface area contributed by atoms with Gasteiger partial charge in [0.05, 0.1) is 19.3 Å². The summed E-state index contributed by atoms with van der Waals surface area (Å²) < 4.78 is 11.4. The highest BCUT2D eigenvalue weighted by Crippen LogP contribution is 2.32. The van der Waals surface area contributed by atoms with E-state index in [-0.39, 0.29) is 18.8 Å². The number of carbonyl (C=O) groups is 1. The first kappa shape index (κ1) is 32.4. The van der Waals surface area contributed by atoms with Crippen molar-refractivity contribution in [3.8, 4) is 16.9 Å². The molecule has 1 heterocycles. The largest absolute Gasteiger partial charge is 0.496 e. The van der Waals surface area contributed by atoms with Gasteiger partial charge in [0.1, 0.15) is 11.4 Å². The lowest BCUT2D eigenvalue weighted by Crippen LogP contribution is -2.37. The number of hydrogen-bond acceptors (Lipinski definition) is 8. The van der Waals surface area contributed by atoms with Gasteiger partial charge in [-0.25, -0.2) is 4.79 Å². The summed E-state index contributed by atoms with van der Waals surface area (Å²) in [5.41, 5.74) is 7.22. The molecule has 0 saturated heterocycles. The van der Waals surface area contributed by atoms with E-state index in [1.165, 1.54) is 5.56 Å². The minimum absolute atomic E-state index is 0.250. The highest BCUT2D eigenvalue weighted by molar-refractivity contribution is 5.89. The number of rotatable bonds is 5. The average molecular weight is 535 g/mol. The summed E-state index contributed by atoms with van der Waals surface area (Å²) in [6.45, 7) is 13.9. The fourth-order valence-corrected chi connectivity index (χ4v) is 3.93. The maximum absolute atomic E-state index is 13.4. The number of pyridine rings is 1. The van der Waals surface area contributed by atoms with Gasteiger partial charge in [0.2, 0.25) is 0 Å². The van der Waals surface area contributed by atoms with Crippen molar-refractivity contribution in [2.45, 2.75) is 60.6 Å². The number of carbonyl (C=O) groups excluding carboxylic acids is 5. The number of aryl methyl sites for hydroxylation is 3. The summed E-state index contributed by atoms with van der Waals surface area (Å²) in [5, 5.41) is 0. The predicted octanol–water partition coefficient (Wildman–Crippen LogP) is 5.77. The van der Waals surface area contributed by atoms with Crippen molar-refractivity contribution in [1.82, 2.24) is 4.98 Å². The van der Waals surface area contributed by atoms with Gasteiger partial charge >= 0.3 is 18.4 Å². The average Bonchev–Trinajstić information content (AvgIpc) is 2.83. The molecule has 0 fully saturated rings. The quantitative estimate of drug-likeness (QED) is 0.405. The lowest BCUT2D eigenvalue weighted by atomic mass is 9.98. The second-order valence-electron chi connectivity index (χ2n) is 9.65. The van der Waals surface area contributed by atoms with Crippen LogP contribution in [-0.2, 0) is 30.5 Å². The van der Waals surface area contributed by atoms with Crippen molar-refractivity contribution in [1.29, 1.82) is 0 Å². The van der Waals surface area contributed by atoms with E-state index in [1.54, 1.807) is 18.2 Å². The summed E-state index contributed by atoms with van der Waals surface area (Å²) in [7, 11) is 1.65. The standard InChI is InChI=1S/C28H34N2O3.2CO2/c1-18-13-22(24-12-10-9-11-19(24)2)15-23(14-18)30(27(31)33-28(5,6)7)17-25-21(4)26(32-8)20(3)16-29-25;2*2-1-3/h9-16H,17H2,1-8H3;;. The van der Waals surface area contributed by atoms with E-state index in [0.29, 0.717) is 0 Å². The zero-order chi connectivity index (χ0) is 29.8. The van der Waals surface area contributed by atoms with E-state index >= 15 is 0 Å². The van der Waals surface area contributed by atoms with Crippen molar-refractivity contribution >= 4 is 24.1 Å². The predicted molar refractivity (Wildman–Crippen MR) is 144 cm³/mol. The van der Waals surface area contributed by atoms with Crippen molar-refractivity contribution in [3.63, 3.8) is 0 Å². The van der Waals surface area contributed by atoms with E-state index in [9.17, 15) is 4.79 Å². The fourth-order valence-electron chi connectivity index (χ4n) is 3.93. The lowest BCUT2D eigenvalue weighted by Gasteiger charge is -2.28. The summed E-state index contributed by atoms with van der Waals surface area (Å²) in [4.78, 5) is 52.1. The Bertz CT molecular complexity index is 1340. The molecule has 0 aliphatic carbocycles. The Morgan fingerprint density at radius 1 is 0.923 bits per heavy atom. The van der Waals surface area contributed by atoms with Gasteiger partial charge in [-0.2, -0.15) is 19.2 Å². The number of methoxy groups -OCH3 is 1. The second kappa shape index (κ2) is 15.0. The molecule has 0 aliphatic rings. The molecule has 0 spiro atoms. The van der Waals surface area contributed by atoms with Crippen LogP contribution in [0.15, 0.2) is 48.7 Å². The minimum Gasteiger partial charge on any atom is -0.496 e. The van der Waals surface area contributed by atoms with Gasteiger partial charge in [0.15, 0.2) is 0 Å². The highest BCUT2D eigenvalue weighted by atomic mass is 16.6. The third-order valence-electron chi connectivity index (χ3n) is 5.50. The third-order valence-corrected chi connectivity index (χ3v) is 5.50. The summed E-state index contributed by atoms with van der Waals surface area (Å²) >= 11 is 0. The number of anilines is 1. The van der Waals surface area contributed by atoms with E-state index < -0.39 is 11.7 Å². The zero-order valence-electron chi connectivity index (χ0n) is 23.6. The summed E-state index contributed by atoms with van der Waals surface area (Å²) in [5.74, 6) is 0.786. The van der Waals surface area contributed by atoms with Crippen molar-refractivity contribution in [2.24, 2.45) is 0 Å². The van der Waals surface area contributed by atoms with E-state index in [2.05, 4.69) is 30.1 Å². The molecule has 9 nitrogen and oxygen atoms in total. The van der Waals surface area contributed by atoms with Crippen LogP contribution in [0.1, 0.15) is 48.7 Å².